The average Bonchev–Trinajstić information content (AvgIpc) is 2.32. The lowest BCUT2D eigenvalue weighted by Gasteiger charge is -2.16. The van der Waals surface area contributed by atoms with Crippen molar-refractivity contribution in [3.63, 3.8) is 0 Å². The van der Waals surface area contributed by atoms with E-state index < -0.39 is 15.6 Å². The van der Waals surface area contributed by atoms with Crippen LogP contribution in [0.25, 0.3) is 0 Å². The predicted octanol–water partition coefficient (Wildman–Crippen LogP) is 1.95. The van der Waals surface area contributed by atoms with Crippen molar-refractivity contribution in [2.45, 2.75) is 31.1 Å². The summed E-state index contributed by atoms with van der Waals surface area (Å²) in [4.78, 5) is 13.7. The van der Waals surface area contributed by atoms with Crippen molar-refractivity contribution in [2.24, 2.45) is 0 Å². The standard InChI is InChI=1S/C11H17BrN2O3S/c1-3-4-5-6-14(2)18(16,17)10-7-9(12)8-13-11(10)15/h7-8H,3-6H2,1-2H3,(H,13,15). The number of H-pyrrole nitrogens is 1. The summed E-state index contributed by atoms with van der Waals surface area (Å²) >= 11 is 3.15. The summed E-state index contributed by atoms with van der Waals surface area (Å²) in [5, 5.41) is 0. The van der Waals surface area contributed by atoms with Gasteiger partial charge in [0.25, 0.3) is 5.56 Å². The molecule has 0 spiro atoms. The van der Waals surface area contributed by atoms with Crippen LogP contribution in [0.4, 0.5) is 0 Å². The van der Waals surface area contributed by atoms with Crippen molar-refractivity contribution < 1.29 is 8.42 Å². The molecule has 5 nitrogen and oxygen atoms in total. The normalized spacial score (nSPS) is 12.0. The van der Waals surface area contributed by atoms with E-state index in [0.717, 1.165) is 19.3 Å². The van der Waals surface area contributed by atoms with E-state index in [-0.39, 0.29) is 4.90 Å². The van der Waals surface area contributed by atoms with Crippen LogP contribution in [0.5, 0.6) is 0 Å². The third-order valence-corrected chi connectivity index (χ3v) is 4.92. The van der Waals surface area contributed by atoms with Gasteiger partial charge in [0.2, 0.25) is 10.0 Å². The molecule has 0 fully saturated rings. The summed E-state index contributed by atoms with van der Waals surface area (Å²) in [5.74, 6) is 0. The Morgan fingerprint density at radius 1 is 1.39 bits per heavy atom. The van der Waals surface area contributed by atoms with Crippen LogP contribution >= 0.6 is 15.9 Å². The zero-order valence-electron chi connectivity index (χ0n) is 10.4. The Hall–Kier alpha value is -0.660. The lowest BCUT2D eigenvalue weighted by Crippen LogP contribution is -2.32. The van der Waals surface area contributed by atoms with Gasteiger partial charge in [0, 0.05) is 24.3 Å². The highest BCUT2D eigenvalue weighted by Crippen LogP contribution is 2.15. The number of rotatable bonds is 6. The molecule has 7 heteroatoms. The van der Waals surface area contributed by atoms with E-state index in [9.17, 15) is 13.2 Å². The molecule has 1 aromatic rings. The maximum absolute atomic E-state index is 12.2. The number of pyridine rings is 1. The van der Waals surface area contributed by atoms with E-state index in [2.05, 4.69) is 20.9 Å². The maximum Gasteiger partial charge on any atom is 0.268 e. The number of unbranched alkanes of at least 4 members (excludes halogenated alkanes) is 2. The molecule has 1 rings (SSSR count). The molecular weight excluding hydrogens is 320 g/mol. The summed E-state index contributed by atoms with van der Waals surface area (Å²) in [6, 6.07) is 1.32. The lowest BCUT2D eigenvalue weighted by atomic mass is 10.2. The number of hydrogen-bond acceptors (Lipinski definition) is 3. The number of nitrogens with zero attached hydrogens (tertiary/aromatic N) is 1. The Bertz CT molecular complexity index is 554. The Morgan fingerprint density at radius 2 is 2.06 bits per heavy atom. The molecule has 18 heavy (non-hydrogen) atoms. The minimum Gasteiger partial charge on any atom is -0.327 e. The van der Waals surface area contributed by atoms with Gasteiger partial charge in [0.1, 0.15) is 4.90 Å². The molecule has 0 aliphatic carbocycles. The first-order valence-corrected chi connectivity index (χ1v) is 7.97. The molecule has 0 aliphatic rings. The number of nitrogens with one attached hydrogen (secondary N) is 1. The van der Waals surface area contributed by atoms with Crippen LogP contribution in [-0.2, 0) is 10.0 Å². The second-order valence-electron chi connectivity index (χ2n) is 4.04. The van der Waals surface area contributed by atoms with Crippen LogP contribution < -0.4 is 5.56 Å². The minimum absolute atomic E-state index is 0.226. The van der Waals surface area contributed by atoms with Crippen molar-refractivity contribution in [1.29, 1.82) is 0 Å². The molecule has 102 valence electrons. The van der Waals surface area contributed by atoms with Crippen LogP contribution in [0.2, 0.25) is 0 Å². The largest absolute Gasteiger partial charge is 0.327 e. The maximum atomic E-state index is 12.2. The zero-order valence-corrected chi connectivity index (χ0v) is 12.8. The van der Waals surface area contributed by atoms with E-state index in [1.165, 1.54) is 23.6 Å². The summed E-state index contributed by atoms with van der Waals surface area (Å²) in [5.41, 5.74) is -0.597. The predicted molar refractivity (Wildman–Crippen MR) is 74.1 cm³/mol. The fourth-order valence-electron chi connectivity index (χ4n) is 1.50. The molecular formula is C11H17BrN2O3S. The molecule has 0 saturated carbocycles. The van der Waals surface area contributed by atoms with Crippen molar-refractivity contribution >= 4 is 26.0 Å². The molecule has 1 N–H and O–H groups in total. The van der Waals surface area contributed by atoms with Crippen LogP contribution in [-0.4, -0.2) is 31.3 Å². The first kappa shape index (κ1) is 15.4. The molecule has 0 bridgehead atoms. The van der Waals surface area contributed by atoms with Crippen LogP contribution in [0.3, 0.4) is 0 Å². The molecule has 0 radical (unpaired) electrons. The smallest absolute Gasteiger partial charge is 0.268 e. The molecule has 0 unspecified atom stereocenters. The van der Waals surface area contributed by atoms with E-state index in [0.29, 0.717) is 11.0 Å². The zero-order chi connectivity index (χ0) is 13.8. The van der Waals surface area contributed by atoms with Gasteiger partial charge >= 0.3 is 0 Å². The topological polar surface area (TPSA) is 70.2 Å². The molecule has 1 heterocycles. The van der Waals surface area contributed by atoms with E-state index >= 15 is 0 Å². The summed E-state index contributed by atoms with van der Waals surface area (Å²) in [6.07, 6.45) is 4.19. The second-order valence-corrected chi connectivity index (χ2v) is 6.97. The summed E-state index contributed by atoms with van der Waals surface area (Å²) < 4.78 is 26.1. The first-order chi connectivity index (χ1) is 8.39. The molecule has 1 aromatic heterocycles. The van der Waals surface area contributed by atoms with Crippen LogP contribution in [0.15, 0.2) is 26.4 Å². The van der Waals surface area contributed by atoms with Crippen LogP contribution in [0, 0.1) is 0 Å². The van der Waals surface area contributed by atoms with E-state index in [4.69, 9.17) is 0 Å². The summed E-state index contributed by atoms with van der Waals surface area (Å²) in [6.45, 7) is 2.47. The van der Waals surface area contributed by atoms with E-state index in [1.807, 2.05) is 6.92 Å². The van der Waals surface area contributed by atoms with Gasteiger partial charge < -0.3 is 4.98 Å². The molecule has 0 aromatic carbocycles. The fourth-order valence-corrected chi connectivity index (χ4v) is 3.27. The number of sulfonamides is 1. The van der Waals surface area contributed by atoms with Gasteiger partial charge in [0.05, 0.1) is 0 Å². The van der Waals surface area contributed by atoms with Crippen molar-refractivity contribution in [3.8, 4) is 0 Å². The van der Waals surface area contributed by atoms with Gasteiger partial charge in [-0.25, -0.2) is 12.7 Å². The third-order valence-electron chi connectivity index (χ3n) is 2.60. The molecule has 0 amide bonds. The SMILES string of the molecule is CCCCCN(C)S(=O)(=O)c1cc(Br)c[nH]c1=O. The number of hydrogen-bond donors (Lipinski definition) is 1. The number of halogens is 1. The quantitative estimate of drug-likeness (QED) is 0.807. The molecule has 0 aliphatic heterocycles. The Morgan fingerprint density at radius 3 is 2.67 bits per heavy atom. The Kier molecular flexibility index (Phi) is 5.55. The van der Waals surface area contributed by atoms with Gasteiger partial charge in [-0.1, -0.05) is 19.8 Å². The van der Waals surface area contributed by atoms with Gasteiger partial charge in [-0.05, 0) is 28.4 Å². The monoisotopic (exact) mass is 336 g/mol. The Labute approximate surface area is 115 Å². The van der Waals surface area contributed by atoms with Gasteiger partial charge in [-0.2, -0.15) is 0 Å². The highest BCUT2D eigenvalue weighted by molar-refractivity contribution is 9.10. The van der Waals surface area contributed by atoms with Crippen LogP contribution in [0.1, 0.15) is 26.2 Å². The van der Waals surface area contributed by atoms with Crippen molar-refractivity contribution in [3.05, 3.63) is 27.1 Å². The Balaban J connectivity index is 2.98. The van der Waals surface area contributed by atoms with Crippen molar-refractivity contribution in [2.75, 3.05) is 13.6 Å². The average molecular weight is 337 g/mol. The minimum atomic E-state index is -3.71. The van der Waals surface area contributed by atoms with Gasteiger partial charge in [-0.3, -0.25) is 4.79 Å². The van der Waals surface area contributed by atoms with Gasteiger partial charge in [0.15, 0.2) is 0 Å². The highest BCUT2D eigenvalue weighted by Gasteiger charge is 2.23. The summed E-state index contributed by atoms with van der Waals surface area (Å²) in [7, 11) is -2.22. The highest BCUT2D eigenvalue weighted by atomic mass is 79.9. The third kappa shape index (κ3) is 3.66. The molecule has 0 atom stereocenters. The van der Waals surface area contributed by atoms with Crippen molar-refractivity contribution in [1.82, 2.24) is 9.29 Å². The molecule has 0 saturated heterocycles. The fraction of sp³-hybridized carbons (Fsp3) is 0.545. The second kappa shape index (κ2) is 6.49. The lowest BCUT2D eigenvalue weighted by molar-refractivity contribution is 0.453. The number of aromatic amines is 1. The van der Waals surface area contributed by atoms with E-state index in [1.54, 1.807) is 0 Å². The number of aromatic nitrogens is 1. The first-order valence-electron chi connectivity index (χ1n) is 5.74. The van der Waals surface area contributed by atoms with Gasteiger partial charge in [-0.15, -0.1) is 0 Å².